The summed E-state index contributed by atoms with van der Waals surface area (Å²) in [5.74, 6) is 1.27. The van der Waals surface area contributed by atoms with Crippen LogP contribution in [0.3, 0.4) is 0 Å². The van der Waals surface area contributed by atoms with E-state index in [0.29, 0.717) is 17.4 Å². The number of thioether (sulfide) groups is 1. The highest BCUT2D eigenvalue weighted by molar-refractivity contribution is 9.10. The van der Waals surface area contributed by atoms with Gasteiger partial charge < -0.3 is 4.74 Å². The third-order valence-electron chi connectivity index (χ3n) is 7.73. The van der Waals surface area contributed by atoms with Gasteiger partial charge in [-0.2, -0.15) is 0 Å². The largest absolute Gasteiger partial charge is 0.488 e. The molecule has 1 saturated heterocycles. The van der Waals surface area contributed by atoms with E-state index in [0.717, 1.165) is 51.5 Å². The van der Waals surface area contributed by atoms with Crippen molar-refractivity contribution in [2.75, 3.05) is 0 Å². The summed E-state index contributed by atoms with van der Waals surface area (Å²) in [6, 6.07) is 30.7. The van der Waals surface area contributed by atoms with Crippen LogP contribution in [0, 0.1) is 5.92 Å². The number of ether oxygens (including phenoxy) is 1. The van der Waals surface area contributed by atoms with Crippen molar-refractivity contribution in [3.63, 3.8) is 0 Å². The van der Waals surface area contributed by atoms with Gasteiger partial charge in [0, 0.05) is 6.04 Å². The van der Waals surface area contributed by atoms with Gasteiger partial charge >= 0.3 is 0 Å². The van der Waals surface area contributed by atoms with Crippen molar-refractivity contribution in [2.24, 2.45) is 10.9 Å². The molecule has 1 amide bonds. The van der Waals surface area contributed by atoms with Gasteiger partial charge in [-0.1, -0.05) is 86.5 Å². The fourth-order valence-corrected chi connectivity index (χ4v) is 7.16. The second-order valence-electron chi connectivity index (χ2n) is 10.5. The van der Waals surface area contributed by atoms with Gasteiger partial charge in [0.2, 0.25) is 0 Å². The number of amidine groups is 1. The van der Waals surface area contributed by atoms with E-state index < -0.39 is 0 Å². The molecule has 2 atom stereocenters. The van der Waals surface area contributed by atoms with E-state index in [1.165, 1.54) is 29.0 Å². The van der Waals surface area contributed by atoms with E-state index in [2.05, 4.69) is 65.3 Å². The van der Waals surface area contributed by atoms with Gasteiger partial charge in [0.15, 0.2) is 5.17 Å². The van der Waals surface area contributed by atoms with Gasteiger partial charge in [0.05, 0.1) is 15.1 Å². The molecule has 1 aliphatic heterocycles. The lowest BCUT2D eigenvalue weighted by atomic mass is 9.85. The summed E-state index contributed by atoms with van der Waals surface area (Å²) in [4.78, 5) is 21.4. The number of carbonyl (C=O) groups is 1. The predicted molar refractivity (Wildman–Crippen MR) is 170 cm³/mol. The third-order valence-corrected chi connectivity index (χ3v) is 9.34. The van der Waals surface area contributed by atoms with E-state index in [9.17, 15) is 4.79 Å². The summed E-state index contributed by atoms with van der Waals surface area (Å²) in [6.07, 6.45) is 6.50. The Labute approximate surface area is 248 Å². The molecule has 1 heterocycles. The average molecular weight is 612 g/mol. The SMILES string of the molecule is C[C@H]1CCCC[C@@H]1N1C(=O)/C(=C/c2ccc(OCc3cccc4ccccc34)c(Br)c2)SC1=Nc1ccccc1. The fraction of sp³-hybridized carbons (Fsp3) is 0.235. The Hall–Kier alpha value is -3.35. The number of hydrogen-bond donors (Lipinski definition) is 0. The molecule has 4 nitrogen and oxygen atoms in total. The summed E-state index contributed by atoms with van der Waals surface area (Å²) in [6.45, 7) is 2.74. The van der Waals surface area contributed by atoms with Gasteiger partial charge in [0.25, 0.3) is 5.91 Å². The van der Waals surface area contributed by atoms with E-state index in [1.54, 1.807) is 0 Å². The number of benzene rings is 4. The molecular weight excluding hydrogens is 580 g/mol. The highest BCUT2D eigenvalue weighted by Gasteiger charge is 2.41. The Morgan fingerprint density at radius 3 is 2.58 bits per heavy atom. The first-order valence-electron chi connectivity index (χ1n) is 13.8. The zero-order valence-corrected chi connectivity index (χ0v) is 24.8. The summed E-state index contributed by atoms with van der Waals surface area (Å²) in [5.41, 5.74) is 2.95. The van der Waals surface area contributed by atoms with Crippen LogP contribution in [0.25, 0.3) is 16.8 Å². The van der Waals surface area contributed by atoms with Crippen LogP contribution in [-0.4, -0.2) is 22.0 Å². The number of aliphatic imine (C=N–C) groups is 1. The van der Waals surface area contributed by atoms with Crippen molar-refractivity contribution in [2.45, 2.75) is 45.3 Å². The molecule has 4 aromatic rings. The molecule has 6 heteroatoms. The minimum Gasteiger partial charge on any atom is -0.488 e. The molecule has 1 saturated carbocycles. The molecule has 2 aliphatic rings. The van der Waals surface area contributed by atoms with Crippen LogP contribution in [0.2, 0.25) is 0 Å². The lowest BCUT2D eigenvalue weighted by Gasteiger charge is -2.35. The lowest BCUT2D eigenvalue weighted by Crippen LogP contribution is -2.44. The molecular formula is C34H31BrN2O2S. The average Bonchev–Trinajstić information content (AvgIpc) is 3.27. The van der Waals surface area contributed by atoms with Crippen LogP contribution in [0.4, 0.5) is 5.69 Å². The molecule has 0 N–H and O–H groups in total. The lowest BCUT2D eigenvalue weighted by molar-refractivity contribution is -0.124. The van der Waals surface area contributed by atoms with Gasteiger partial charge in [-0.25, -0.2) is 4.99 Å². The van der Waals surface area contributed by atoms with Crippen LogP contribution in [0.5, 0.6) is 5.75 Å². The molecule has 0 aromatic heterocycles. The molecule has 0 bridgehead atoms. The number of nitrogens with zero attached hydrogens (tertiary/aromatic N) is 2. The maximum atomic E-state index is 13.8. The minimum absolute atomic E-state index is 0.0471. The Morgan fingerprint density at radius 2 is 1.75 bits per heavy atom. The molecule has 2 fully saturated rings. The van der Waals surface area contributed by atoms with E-state index in [1.807, 2.05) is 59.5 Å². The van der Waals surface area contributed by atoms with Gasteiger partial charge in [0.1, 0.15) is 12.4 Å². The van der Waals surface area contributed by atoms with Gasteiger partial charge in [-0.15, -0.1) is 0 Å². The zero-order chi connectivity index (χ0) is 27.5. The maximum Gasteiger partial charge on any atom is 0.267 e. The standard InChI is InChI=1S/C34H31BrN2O2S/c1-23-10-5-8-17-30(23)37-33(38)32(40-34(37)36-27-14-3-2-4-15-27)21-24-18-19-31(29(35)20-24)39-22-26-13-9-12-25-11-6-7-16-28(25)26/h2-4,6-7,9,11-16,18-21,23,30H,5,8,10,17,22H2,1H3/b32-21-,36-34?/t23-,30-/m0/s1. The van der Waals surface area contributed by atoms with Crippen molar-refractivity contribution < 1.29 is 9.53 Å². The van der Waals surface area contributed by atoms with E-state index >= 15 is 0 Å². The highest BCUT2D eigenvalue weighted by Crippen LogP contribution is 2.40. The number of fused-ring (bicyclic) bond motifs is 1. The van der Waals surface area contributed by atoms with Crippen molar-refractivity contribution in [1.29, 1.82) is 0 Å². The van der Waals surface area contributed by atoms with Crippen LogP contribution in [-0.2, 0) is 11.4 Å². The topological polar surface area (TPSA) is 41.9 Å². The highest BCUT2D eigenvalue weighted by atomic mass is 79.9. The number of amides is 1. The smallest absolute Gasteiger partial charge is 0.267 e. The zero-order valence-electron chi connectivity index (χ0n) is 22.4. The van der Waals surface area contributed by atoms with Crippen molar-refractivity contribution in [3.05, 3.63) is 112 Å². The van der Waals surface area contributed by atoms with E-state index in [-0.39, 0.29) is 11.9 Å². The number of hydrogen-bond acceptors (Lipinski definition) is 4. The summed E-state index contributed by atoms with van der Waals surface area (Å²) >= 11 is 5.17. The van der Waals surface area contributed by atoms with Crippen LogP contribution in [0.1, 0.15) is 43.7 Å². The van der Waals surface area contributed by atoms with E-state index in [4.69, 9.17) is 9.73 Å². The summed E-state index contributed by atoms with van der Waals surface area (Å²) in [5, 5.41) is 3.18. The third kappa shape index (κ3) is 5.74. The second-order valence-corrected chi connectivity index (χ2v) is 12.3. The Kier molecular flexibility index (Phi) is 8.08. The van der Waals surface area contributed by atoms with Gasteiger partial charge in [-0.3, -0.25) is 9.69 Å². The van der Waals surface area contributed by atoms with Gasteiger partial charge in [-0.05, 0) is 98.7 Å². The second kappa shape index (κ2) is 12.0. The number of para-hydroxylation sites is 1. The van der Waals surface area contributed by atoms with Crippen LogP contribution < -0.4 is 4.74 Å². The molecule has 1 aliphatic carbocycles. The number of rotatable bonds is 6. The number of carbonyl (C=O) groups excluding carboxylic acids is 1. The first-order chi connectivity index (χ1) is 19.6. The predicted octanol–water partition coefficient (Wildman–Crippen LogP) is 9.36. The molecule has 6 rings (SSSR count). The minimum atomic E-state index is 0.0471. The first kappa shape index (κ1) is 26.9. The summed E-state index contributed by atoms with van der Waals surface area (Å²) in [7, 11) is 0. The monoisotopic (exact) mass is 610 g/mol. The van der Waals surface area contributed by atoms with Crippen LogP contribution >= 0.6 is 27.7 Å². The molecule has 40 heavy (non-hydrogen) atoms. The van der Waals surface area contributed by atoms with Crippen molar-refractivity contribution >= 4 is 61.3 Å². The summed E-state index contributed by atoms with van der Waals surface area (Å²) < 4.78 is 7.06. The molecule has 0 unspecified atom stereocenters. The maximum absolute atomic E-state index is 13.8. The van der Waals surface area contributed by atoms with Crippen molar-refractivity contribution in [3.8, 4) is 5.75 Å². The molecule has 202 valence electrons. The Balaban J connectivity index is 1.24. The normalized spacial score (nSPS) is 21.4. The van der Waals surface area contributed by atoms with Crippen molar-refractivity contribution in [1.82, 2.24) is 4.90 Å². The molecule has 0 spiro atoms. The Morgan fingerprint density at radius 1 is 0.975 bits per heavy atom. The fourth-order valence-electron chi connectivity index (χ4n) is 5.60. The quantitative estimate of drug-likeness (QED) is 0.204. The molecule has 0 radical (unpaired) electrons. The Bertz CT molecular complexity index is 1600. The first-order valence-corrected chi connectivity index (χ1v) is 15.4. The number of halogens is 1. The molecule has 4 aromatic carbocycles. The van der Waals surface area contributed by atoms with Crippen LogP contribution in [0.15, 0.2) is 105 Å².